The van der Waals surface area contributed by atoms with Gasteiger partial charge in [0.25, 0.3) is 0 Å². The van der Waals surface area contributed by atoms with E-state index in [0.717, 1.165) is 15.5 Å². The van der Waals surface area contributed by atoms with Gasteiger partial charge in [0, 0.05) is 24.5 Å². The van der Waals surface area contributed by atoms with Crippen molar-refractivity contribution < 1.29 is 0 Å². The standard InChI is InChI=1S/C12H19BrN4S/c1-14-12-15-7-10(13)11(17-12)16-8-3-5-9(18-2)6-4-8/h7-9H,3-6H2,1-2H3,(H2,14,15,16,17). The molecule has 1 aliphatic carbocycles. The number of nitrogens with one attached hydrogen (secondary N) is 2. The van der Waals surface area contributed by atoms with E-state index in [9.17, 15) is 0 Å². The molecular formula is C12H19BrN4S. The zero-order chi connectivity index (χ0) is 13.0. The smallest absolute Gasteiger partial charge is 0.224 e. The van der Waals surface area contributed by atoms with Crippen LogP contribution in [0.25, 0.3) is 0 Å². The first-order chi connectivity index (χ1) is 8.72. The Kier molecular flexibility index (Phi) is 5.12. The fourth-order valence-corrected chi connectivity index (χ4v) is 3.27. The molecule has 1 aromatic rings. The van der Waals surface area contributed by atoms with Gasteiger partial charge in [-0.3, -0.25) is 0 Å². The van der Waals surface area contributed by atoms with E-state index in [1.54, 1.807) is 6.20 Å². The minimum atomic E-state index is 0.532. The molecule has 1 fully saturated rings. The molecule has 18 heavy (non-hydrogen) atoms. The normalized spacial score (nSPS) is 23.7. The highest BCUT2D eigenvalue weighted by molar-refractivity contribution is 9.10. The third kappa shape index (κ3) is 3.51. The maximum atomic E-state index is 4.44. The lowest BCUT2D eigenvalue weighted by Gasteiger charge is -2.28. The molecule has 2 N–H and O–H groups in total. The van der Waals surface area contributed by atoms with Crippen LogP contribution in [0.1, 0.15) is 25.7 Å². The van der Waals surface area contributed by atoms with Gasteiger partial charge in [0.1, 0.15) is 5.82 Å². The van der Waals surface area contributed by atoms with Gasteiger partial charge in [-0.05, 0) is 47.9 Å². The van der Waals surface area contributed by atoms with Gasteiger partial charge in [0.15, 0.2) is 0 Å². The molecule has 0 atom stereocenters. The molecule has 0 spiro atoms. The van der Waals surface area contributed by atoms with Crippen LogP contribution in [-0.4, -0.2) is 34.6 Å². The van der Waals surface area contributed by atoms with E-state index in [-0.39, 0.29) is 0 Å². The number of thioether (sulfide) groups is 1. The maximum absolute atomic E-state index is 4.44. The summed E-state index contributed by atoms with van der Waals surface area (Å²) in [6, 6.07) is 0.532. The Balaban J connectivity index is 1.97. The van der Waals surface area contributed by atoms with Crippen LogP contribution in [0.4, 0.5) is 11.8 Å². The molecule has 1 aliphatic rings. The highest BCUT2D eigenvalue weighted by atomic mass is 79.9. The number of hydrogen-bond donors (Lipinski definition) is 2. The van der Waals surface area contributed by atoms with Crippen molar-refractivity contribution in [1.29, 1.82) is 0 Å². The van der Waals surface area contributed by atoms with Gasteiger partial charge in [-0.15, -0.1) is 0 Å². The van der Waals surface area contributed by atoms with Crippen LogP contribution < -0.4 is 10.6 Å². The van der Waals surface area contributed by atoms with E-state index in [0.29, 0.717) is 12.0 Å². The van der Waals surface area contributed by atoms with Gasteiger partial charge >= 0.3 is 0 Å². The average molecular weight is 331 g/mol. The van der Waals surface area contributed by atoms with Crippen molar-refractivity contribution in [1.82, 2.24) is 9.97 Å². The van der Waals surface area contributed by atoms with E-state index in [1.165, 1.54) is 25.7 Å². The quantitative estimate of drug-likeness (QED) is 0.886. The summed E-state index contributed by atoms with van der Waals surface area (Å²) in [5.41, 5.74) is 0. The Morgan fingerprint density at radius 1 is 1.33 bits per heavy atom. The predicted molar refractivity (Wildman–Crippen MR) is 82.5 cm³/mol. The van der Waals surface area contributed by atoms with Crippen molar-refractivity contribution in [3.05, 3.63) is 10.7 Å². The highest BCUT2D eigenvalue weighted by Crippen LogP contribution is 2.30. The van der Waals surface area contributed by atoms with Gasteiger partial charge in [-0.25, -0.2) is 4.98 Å². The second-order valence-electron chi connectivity index (χ2n) is 4.49. The molecule has 1 saturated carbocycles. The topological polar surface area (TPSA) is 49.8 Å². The SMILES string of the molecule is CNc1ncc(Br)c(NC2CCC(SC)CC2)n1. The highest BCUT2D eigenvalue weighted by Gasteiger charge is 2.21. The number of hydrogen-bond acceptors (Lipinski definition) is 5. The zero-order valence-corrected chi connectivity index (χ0v) is 13.1. The maximum Gasteiger partial charge on any atom is 0.224 e. The number of anilines is 2. The monoisotopic (exact) mass is 330 g/mol. The van der Waals surface area contributed by atoms with Crippen LogP contribution in [0.5, 0.6) is 0 Å². The number of halogens is 1. The van der Waals surface area contributed by atoms with Crippen LogP contribution in [0.2, 0.25) is 0 Å². The Labute approximate surface area is 121 Å². The van der Waals surface area contributed by atoms with E-state index >= 15 is 0 Å². The molecule has 0 amide bonds. The summed E-state index contributed by atoms with van der Waals surface area (Å²) in [4.78, 5) is 8.60. The Morgan fingerprint density at radius 3 is 2.67 bits per heavy atom. The van der Waals surface area contributed by atoms with Crippen LogP contribution in [0.3, 0.4) is 0 Å². The van der Waals surface area contributed by atoms with E-state index in [2.05, 4.69) is 42.8 Å². The van der Waals surface area contributed by atoms with Gasteiger partial charge in [-0.1, -0.05) is 0 Å². The van der Waals surface area contributed by atoms with Crippen LogP contribution >= 0.6 is 27.7 Å². The molecular weight excluding hydrogens is 312 g/mol. The third-order valence-corrected chi connectivity index (χ3v) is 5.03. The molecule has 1 aromatic heterocycles. The molecule has 6 heteroatoms. The molecule has 0 radical (unpaired) electrons. The minimum absolute atomic E-state index is 0.532. The van der Waals surface area contributed by atoms with E-state index in [4.69, 9.17) is 0 Å². The van der Waals surface area contributed by atoms with Crippen LogP contribution in [-0.2, 0) is 0 Å². The van der Waals surface area contributed by atoms with Crippen molar-refractivity contribution in [3.8, 4) is 0 Å². The number of nitrogens with zero attached hydrogens (tertiary/aromatic N) is 2. The number of aromatic nitrogens is 2. The summed E-state index contributed by atoms with van der Waals surface area (Å²) >= 11 is 5.48. The molecule has 0 saturated heterocycles. The lowest BCUT2D eigenvalue weighted by atomic mass is 9.95. The van der Waals surface area contributed by atoms with Gasteiger partial charge in [-0.2, -0.15) is 16.7 Å². The zero-order valence-electron chi connectivity index (χ0n) is 10.7. The summed E-state index contributed by atoms with van der Waals surface area (Å²) in [6.07, 6.45) is 9.02. The molecule has 0 aromatic carbocycles. The lowest BCUT2D eigenvalue weighted by Crippen LogP contribution is -2.27. The molecule has 4 nitrogen and oxygen atoms in total. The summed E-state index contributed by atoms with van der Waals surface area (Å²) in [5, 5.41) is 7.32. The first-order valence-corrected chi connectivity index (χ1v) is 8.30. The van der Waals surface area contributed by atoms with Gasteiger partial charge < -0.3 is 10.6 Å². The summed E-state index contributed by atoms with van der Waals surface area (Å²) in [6.45, 7) is 0. The van der Waals surface area contributed by atoms with Crippen molar-refractivity contribution in [2.75, 3.05) is 23.9 Å². The van der Waals surface area contributed by atoms with Crippen molar-refractivity contribution in [2.24, 2.45) is 0 Å². The van der Waals surface area contributed by atoms with Crippen LogP contribution in [0, 0.1) is 0 Å². The Morgan fingerprint density at radius 2 is 2.06 bits per heavy atom. The average Bonchev–Trinajstić information content (AvgIpc) is 2.42. The third-order valence-electron chi connectivity index (χ3n) is 3.32. The fourth-order valence-electron chi connectivity index (χ4n) is 2.23. The fraction of sp³-hybridized carbons (Fsp3) is 0.667. The van der Waals surface area contributed by atoms with E-state index < -0.39 is 0 Å². The lowest BCUT2D eigenvalue weighted by molar-refractivity contribution is 0.472. The van der Waals surface area contributed by atoms with Gasteiger partial charge in [0.05, 0.1) is 4.47 Å². The summed E-state index contributed by atoms with van der Waals surface area (Å²) in [5.74, 6) is 1.54. The second kappa shape index (κ2) is 6.61. The van der Waals surface area contributed by atoms with Crippen molar-refractivity contribution in [3.63, 3.8) is 0 Å². The molecule has 1 heterocycles. The van der Waals surface area contributed by atoms with Crippen molar-refractivity contribution in [2.45, 2.75) is 37.0 Å². The van der Waals surface area contributed by atoms with E-state index in [1.807, 2.05) is 18.8 Å². The first kappa shape index (κ1) is 13.9. The largest absolute Gasteiger partial charge is 0.366 e. The number of rotatable bonds is 4. The molecule has 0 unspecified atom stereocenters. The second-order valence-corrected chi connectivity index (χ2v) is 6.49. The van der Waals surface area contributed by atoms with Crippen LogP contribution in [0.15, 0.2) is 10.7 Å². The molecule has 0 bridgehead atoms. The summed E-state index contributed by atoms with van der Waals surface area (Å²) < 4.78 is 0.925. The Hall–Kier alpha value is -0.490. The van der Waals surface area contributed by atoms with Crippen molar-refractivity contribution >= 4 is 39.5 Å². The minimum Gasteiger partial charge on any atom is -0.366 e. The predicted octanol–water partition coefficient (Wildman–Crippen LogP) is 3.37. The van der Waals surface area contributed by atoms with Gasteiger partial charge in [0.2, 0.25) is 5.95 Å². The molecule has 100 valence electrons. The molecule has 2 rings (SSSR count). The molecule has 0 aliphatic heterocycles. The summed E-state index contributed by atoms with van der Waals surface area (Å²) in [7, 11) is 1.83. The first-order valence-electron chi connectivity index (χ1n) is 6.22. The Bertz CT molecular complexity index is 394.